The van der Waals surface area contributed by atoms with Gasteiger partial charge in [-0.1, -0.05) is 20.8 Å². The molecule has 8 heteroatoms. The average molecular weight is 336 g/mol. The Hall–Kier alpha value is -1.80. The van der Waals surface area contributed by atoms with Gasteiger partial charge in [-0.15, -0.1) is 21.5 Å². The summed E-state index contributed by atoms with van der Waals surface area (Å²) >= 11 is 1.45. The van der Waals surface area contributed by atoms with Crippen LogP contribution in [0.25, 0.3) is 0 Å². The lowest BCUT2D eigenvalue weighted by Crippen LogP contribution is -2.42. The van der Waals surface area contributed by atoms with Gasteiger partial charge < -0.3 is 14.1 Å². The number of hydrogen-bond donors (Lipinski definition) is 0. The fraction of sp³-hybridized carbons (Fsp3) is 0.600. The number of carbonyl (C=O) groups is 1. The van der Waals surface area contributed by atoms with Crippen molar-refractivity contribution in [3.8, 4) is 0 Å². The third kappa shape index (κ3) is 3.42. The van der Waals surface area contributed by atoms with Gasteiger partial charge in [0.15, 0.2) is 6.10 Å². The van der Waals surface area contributed by atoms with Crippen LogP contribution in [0.2, 0.25) is 0 Å². The van der Waals surface area contributed by atoms with Crippen molar-refractivity contribution in [3.63, 3.8) is 0 Å². The molecule has 0 bridgehead atoms. The molecule has 1 aliphatic rings. The minimum atomic E-state index is -0.371. The summed E-state index contributed by atoms with van der Waals surface area (Å²) in [7, 11) is 0. The van der Waals surface area contributed by atoms with Crippen molar-refractivity contribution in [1.82, 2.24) is 20.1 Å². The summed E-state index contributed by atoms with van der Waals surface area (Å²) < 4.78 is 11.1. The first-order chi connectivity index (χ1) is 10.8. The Morgan fingerprint density at radius 1 is 1.39 bits per heavy atom. The number of ether oxygens (including phenoxy) is 1. The van der Waals surface area contributed by atoms with Gasteiger partial charge in [-0.05, 0) is 0 Å². The van der Waals surface area contributed by atoms with Gasteiger partial charge in [0, 0.05) is 18.9 Å². The van der Waals surface area contributed by atoms with Crippen LogP contribution in [-0.4, -0.2) is 45.7 Å². The van der Waals surface area contributed by atoms with E-state index in [2.05, 4.69) is 36.0 Å². The zero-order valence-electron chi connectivity index (χ0n) is 13.7. The number of thiazole rings is 1. The summed E-state index contributed by atoms with van der Waals surface area (Å²) in [5, 5.41) is 8.75. The topological polar surface area (TPSA) is 81.4 Å². The molecule has 23 heavy (non-hydrogen) atoms. The molecule has 1 amide bonds. The van der Waals surface area contributed by atoms with Crippen LogP contribution in [0.15, 0.2) is 10.6 Å². The van der Waals surface area contributed by atoms with Crippen LogP contribution in [-0.2, 0) is 10.2 Å². The summed E-state index contributed by atoms with van der Waals surface area (Å²) in [5.74, 6) is 0.881. The molecule has 2 aromatic rings. The summed E-state index contributed by atoms with van der Waals surface area (Å²) in [6.07, 6.45) is 1.29. The molecule has 1 fully saturated rings. The maximum Gasteiger partial charge on any atom is 0.265 e. The van der Waals surface area contributed by atoms with E-state index in [4.69, 9.17) is 9.15 Å². The Balaban J connectivity index is 1.73. The minimum Gasteiger partial charge on any atom is -0.423 e. The van der Waals surface area contributed by atoms with Gasteiger partial charge in [0.25, 0.3) is 5.91 Å². The number of rotatable bonds is 2. The Bertz CT molecular complexity index is 704. The third-order valence-corrected chi connectivity index (χ3v) is 4.94. The maximum atomic E-state index is 12.7. The summed E-state index contributed by atoms with van der Waals surface area (Å²) in [6.45, 7) is 9.39. The van der Waals surface area contributed by atoms with Crippen molar-refractivity contribution in [3.05, 3.63) is 27.9 Å². The van der Waals surface area contributed by atoms with Crippen molar-refractivity contribution in [2.24, 2.45) is 0 Å². The van der Waals surface area contributed by atoms with Gasteiger partial charge in [0.2, 0.25) is 11.8 Å². The lowest BCUT2D eigenvalue weighted by Gasteiger charge is -2.30. The van der Waals surface area contributed by atoms with Crippen LogP contribution in [0.5, 0.6) is 0 Å². The maximum absolute atomic E-state index is 12.7. The summed E-state index contributed by atoms with van der Waals surface area (Å²) in [6, 6.07) is 0. The Labute approximate surface area is 138 Å². The molecule has 3 heterocycles. The number of carbonyl (C=O) groups excluding carboxylic acids is 1. The Morgan fingerprint density at radius 2 is 2.17 bits per heavy atom. The van der Waals surface area contributed by atoms with E-state index in [0.717, 1.165) is 5.01 Å². The zero-order valence-corrected chi connectivity index (χ0v) is 14.5. The average Bonchev–Trinajstić information content (AvgIpc) is 3.15. The second-order valence-electron chi connectivity index (χ2n) is 6.55. The highest BCUT2D eigenvalue weighted by Crippen LogP contribution is 2.28. The van der Waals surface area contributed by atoms with Crippen molar-refractivity contribution in [2.75, 3.05) is 19.7 Å². The van der Waals surface area contributed by atoms with Gasteiger partial charge in [-0.3, -0.25) is 4.79 Å². The van der Waals surface area contributed by atoms with Crippen LogP contribution in [0.3, 0.4) is 0 Å². The Kier molecular flexibility index (Phi) is 4.20. The number of morpholine rings is 1. The summed E-state index contributed by atoms with van der Waals surface area (Å²) in [5.41, 5.74) is -0.0575. The molecular weight excluding hydrogens is 316 g/mol. The molecule has 7 nitrogen and oxygen atoms in total. The van der Waals surface area contributed by atoms with Gasteiger partial charge >= 0.3 is 0 Å². The van der Waals surface area contributed by atoms with E-state index in [1.54, 1.807) is 18.0 Å². The van der Waals surface area contributed by atoms with E-state index in [1.165, 1.54) is 11.3 Å². The van der Waals surface area contributed by atoms with Crippen LogP contribution in [0.1, 0.15) is 53.3 Å². The van der Waals surface area contributed by atoms with Crippen LogP contribution in [0.4, 0.5) is 0 Å². The Morgan fingerprint density at radius 3 is 2.78 bits per heavy atom. The first kappa shape index (κ1) is 16.1. The van der Waals surface area contributed by atoms with Gasteiger partial charge in [0.05, 0.1) is 24.4 Å². The SMILES string of the molecule is Cc1nnc([C@H]2CN(C(=O)c3cnc(C(C)(C)C)s3)CCO2)o1. The predicted octanol–water partition coefficient (Wildman–Crippen LogP) is 2.35. The molecule has 1 aliphatic heterocycles. The molecule has 0 aromatic carbocycles. The molecule has 0 spiro atoms. The van der Waals surface area contributed by atoms with Crippen molar-refractivity contribution >= 4 is 17.2 Å². The second-order valence-corrected chi connectivity index (χ2v) is 7.58. The standard InChI is InChI=1S/C15H20N4O3S/c1-9-17-18-12(22-9)10-8-19(5-6-21-10)13(20)11-7-16-14(23-11)15(2,3)4/h7,10H,5-6,8H2,1-4H3/t10-/m1/s1. The molecular formula is C15H20N4O3S. The van der Waals surface area contributed by atoms with E-state index >= 15 is 0 Å². The fourth-order valence-corrected chi connectivity index (χ4v) is 3.24. The predicted molar refractivity (Wildman–Crippen MR) is 84.4 cm³/mol. The number of hydrogen-bond acceptors (Lipinski definition) is 7. The van der Waals surface area contributed by atoms with E-state index in [0.29, 0.717) is 36.4 Å². The van der Waals surface area contributed by atoms with Crippen molar-refractivity contribution in [2.45, 2.75) is 39.2 Å². The lowest BCUT2D eigenvalue weighted by atomic mass is 9.98. The first-order valence-electron chi connectivity index (χ1n) is 7.52. The van der Waals surface area contributed by atoms with E-state index in [-0.39, 0.29) is 17.4 Å². The molecule has 0 radical (unpaired) electrons. The molecule has 1 saturated heterocycles. The van der Waals surface area contributed by atoms with E-state index in [9.17, 15) is 4.79 Å². The monoisotopic (exact) mass is 336 g/mol. The summed E-state index contributed by atoms with van der Waals surface area (Å²) in [4.78, 5) is 19.5. The number of nitrogens with zero attached hydrogens (tertiary/aromatic N) is 4. The normalized spacial score (nSPS) is 19.1. The molecule has 0 N–H and O–H groups in total. The van der Waals surface area contributed by atoms with Crippen molar-refractivity contribution < 1.29 is 13.9 Å². The number of aromatic nitrogens is 3. The van der Waals surface area contributed by atoms with Gasteiger partial charge in [0.1, 0.15) is 4.88 Å². The van der Waals surface area contributed by atoms with Crippen LogP contribution < -0.4 is 0 Å². The minimum absolute atomic E-state index is 0.0254. The fourth-order valence-electron chi connectivity index (χ4n) is 2.30. The van der Waals surface area contributed by atoms with Crippen LogP contribution in [0, 0.1) is 6.92 Å². The molecule has 0 aliphatic carbocycles. The first-order valence-corrected chi connectivity index (χ1v) is 8.33. The number of amides is 1. The highest BCUT2D eigenvalue weighted by molar-refractivity contribution is 7.13. The number of aryl methyl sites for hydroxylation is 1. The largest absolute Gasteiger partial charge is 0.423 e. The molecule has 1 atom stereocenters. The van der Waals surface area contributed by atoms with Gasteiger partial charge in [-0.2, -0.15) is 0 Å². The van der Waals surface area contributed by atoms with Crippen molar-refractivity contribution in [1.29, 1.82) is 0 Å². The third-order valence-electron chi connectivity index (χ3n) is 3.53. The lowest BCUT2D eigenvalue weighted by molar-refractivity contribution is -0.0348. The second kappa shape index (κ2) is 6.01. The quantitative estimate of drug-likeness (QED) is 0.837. The highest BCUT2D eigenvalue weighted by atomic mass is 32.1. The highest BCUT2D eigenvalue weighted by Gasteiger charge is 2.31. The molecule has 3 rings (SSSR count). The molecule has 0 unspecified atom stereocenters. The van der Waals surface area contributed by atoms with E-state index in [1.807, 2.05) is 0 Å². The molecule has 2 aromatic heterocycles. The molecule has 124 valence electrons. The van der Waals surface area contributed by atoms with Crippen LogP contribution >= 0.6 is 11.3 Å². The van der Waals surface area contributed by atoms with E-state index < -0.39 is 0 Å². The zero-order chi connectivity index (χ0) is 16.6. The molecule has 0 saturated carbocycles. The van der Waals surface area contributed by atoms with Gasteiger partial charge in [-0.25, -0.2) is 4.98 Å². The smallest absolute Gasteiger partial charge is 0.265 e.